The van der Waals surface area contributed by atoms with E-state index in [-0.39, 0.29) is 42.4 Å². The standard InChI is InChI=1S/C30H48N2O10/c1-15(2)14-21(25(35)32-24(16(3)4)26(36)37)31-22(33)10-11-23(34)38-27-18(6)20-9-8-17(5)19-12-13-29(7)40-28(39-27)30(19,20)42-41-29/h15-21,24,27-28H,8-14H2,1-7H3,(H,31,33)(H,32,35)(H,36,37)/t17-,18-,19+,20-,21+,24-,27-,28+,29-,30-/m1/s1. The van der Waals surface area contributed by atoms with E-state index in [1.54, 1.807) is 13.8 Å². The van der Waals surface area contributed by atoms with Crippen molar-refractivity contribution >= 4 is 23.8 Å². The summed E-state index contributed by atoms with van der Waals surface area (Å²) < 4.78 is 18.3. The minimum Gasteiger partial charge on any atom is -0.480 e. The third kappa shape index (κ3) is 6.61. The largest absolute Gasteiger partial charge is 0.480 e. The van der Waals surface area contributed by atoms with Crippen molar-refractivity contribution in [1.29, 1.82) is 0 Å². The minimum atomic E-state index is -1.14. The van der Waals surface area contributed by atoms with Crippen molar-refractivity contribution in [1.82, 2.24) is 10.6 Å². The molecular weight excluding hydrogens is 548 g/mol. The molecule has 2 amide bonds. The molecule has 0 aromatic carbocycles. The lowest BCUT2D eigenvalue weighted by atomic mass is 9.58. The highest BCUT2D eigenvalue weighted by Crippen LogP contribution is 2.60. The summed E-state index contributed by atoms with van der Waals surface area (Å²) in [7, 11) is 0. The first-order valence-corrected chi connectivity index (χ1v) is 15.4. The second-order valence-corrected chi connectivity index (χ2v) is 13.6. The number of ether oxygens (including phenoxy) is 3. The first kappa shape index (κ1) is 32.6. The number of hydrogen-bond acceptors (Lipinski definition) is 9. The van der Waals surface area contributed by atoms with Crippen LogP contribution in [-0.2, 0) is 43.2 Å². The van der Waals surface area contributed by atoms with Crippen LogP contribution in [0, 0.1) is 35.5 Å². The van der Waals surface area contributed by atoms with Gasteiger partial charge in [-0.05, 0) is 56.3 Å². The number of carboxylic acid groups (broad SMARTS) is 1. The number of amides is 2. The molecule has 4 heterocycles. The Labute approximate surface area is 247 Å². The van der Waals surface area contributed by atoms with Crippen LogP contribution in [0.5, 0.6) is 0 Å². The van der Waals surface area contributed by atoms with E-state index >= 15 is 0 Å². The van der Waals surface area contributed by atoms with Crippen LogP contribution in [0.4, 0.5) is 0 Å². The van der Waals surface area contributed by atoms with E-state index in [2.05, 4.69) is 17.6 Å². The van der Waals surface area contributed by atoms with E-state index in [4.69, 9.17) is 24.0 Å². The Hall–Kier alpha value is -2.28. The molecule has 1 spiro atoms. The van der Waals surface area contributed by atoms with Crippen LogP contribution in [0.15, 0.2) is 0 Å². The maximum Gasteiger partial charge on any atom is 0.326 e. The lowest BCUT2D eigenvalue weighted by molar-refractivity contribution is -0.576. The quantitative estimate of drug-likeness (QED) is 0.239. The summed E-state index contributed by atoms with van der Waals surface area (Å²) in [4.78, 5) is 62.0. The second-order valence-electron chi connectivity index (χ2n) is 13.6. The lowest BCUT2D eigenvalue weighted by Crippen LogP contribution is -2.70. The molecule has 3 N–H and O–H groups in total. The second kappa shape index (κ2) is 12.8. The van der Waals surface area contributed by atoms with Gasteiger partial charge < -0.3 is 30.0 Å². The third-order valence-electron chi connectivity index (χ3n) is 9.49. The van der Waals surface area contributed by atoms with Gasteiger partial charge in [0.25, 0.3) is 0 Å². The molecule has 0 aromatic heterocycles. The maximum atomic E-state index is 12.9. The Morgan fingerprint density at radius 1 is 0.976 bits per heavy atom. The average molecular weight is 597 g/mol. The van der Waals surface area contributed by atoms with E-state index in [9.17, 15) is 24.3 Å². The molecule has 12 heteroatoms. The Bertz CT molecular complexity index is 1040. The van der Waals surface area contributed by atoms with Gasteiger partial charge in [0.05, 0.1) is 6.42 Å². The molecule has 5 rings (SSSR count). The number of rotatable bonds is 11. The number of nitrogens with one attached hydrogen (secondary N) is 2. The number of carboxylic acids is 1. The number of esters is 1. The van der Waals surface area contributed by atoms with Crippen molar-refractivity contribution in [2.45, 2.75) is 129 Å². The predicted octanol–water partition coefficient (Wildman–Crippen LogP) is 3.27. The number of fused-ring (bicyclic) bond motifs is 2. The molecule has 5 aliphatic rings. The summed E-state index contributed by atoms with van der Waals surface area (Å²) in [6.45, 7) is 13.2. The third-order valence-corrected chi connectivity index (χ3v) is 9.49. The van der Waals surface area contributed by atoms with Crippen LogP contribution in [0.2, 0.25) is 0 Å². The van der Waals surface area contributed by atoms with Gasteiger partial charge in [0.2, 0.25) is 23.9 Å². The van der Waals surface area contributed by atoms with Crippen molar-refractivity contribution in [3.8, 4) is 0 Å². The molecule has 1 aliphatic carbocycles. The first-order chi connectivity index (χ1) is 19.7. The minimum absolute atomic E-state index is 0.00281. The van der Waals surface area contributed by atoms with Crippen LogP contribution in [0.3, 0.4) is 0 Å². The zero-order chi connectivity index (χ0) is 31.0. The molecular formula is C30H48N2O10. The van der Waals surface area contributed by atoms with Crippen molar-refractivity contribution in [2.24, 2.45) is 35.5 Å². The highest BCUT2D eigenvalue weighted by molar-refractivity contribution is 5.91. The highest BCUT2D eigenvalue weighted by atomic mass is 17.3. The van der Waals surface area contributed by atoms with Gasteiger partial charge in [0, 0.05) is 24.7 Å². The van der Waals surface area contributed by atoms with Crippen molar-refractivity contribution in [3.63, 3.8) is 0 Å². The highest BCUT2D eigenvalue weighted by Gasteiger charge is 2.69. The average Bonchev–Trinajstić information content (AvgIpc) is 3.13. The van der Waals surface area contributed by atoms with Gasteiger partial charge in [-0.2, -0.15) is 0 Å². The van der Waals surface area contributed by atoms with Gasteiger partial charge in [-0.15, -0.1) is 0 Å². The molecule has 4 saturated heterocycles. The molecule has 0 unspecified atom stereocenters. The molecule has 42 heavy (non-hydrogen) atoms. The van der Waals surface area contributed by atoms with Gasteiger partial charge in [-0.3, -0.25) is 14.4 Å². The Kier molecular flexibility index (Phi) is 9.91. The fourth-order valence-electron chi connectivity index (χ4n) is 7.15. The van der Waals surface area contributed by atoms with Crippen LogP contribution < -0.4 is 10.6 Å². The lowest BCUT2D eigenvalue weighted by Gasteiger charge is -2.59. The molecule has 10 atom stereocenters. The Morgan fingerprint density at radius 2 is 1.69 bits per heavy atom. The number of carbonyl (C=O) groups excluding carboxylic acids is 3. The Morgan fingerprint density at radius 3 is 2.33 bits per heavy atom. The fraction of sp³-hybridized carbons (Fsp3) is 0.867. The van der Waals surface area contributed by atoms with E-state index < -0.39 is 59.8 Å². The number of aliphatic carboxylic acids is 1. The zero-order valence-corrected chi connectivity index (χ0v) is 25.8. The normalized spacial score (nSPS) is 36.9. The zero-order valence-electron chi connectivity index (χ0n) is 25.8. The monoisotopic (exact) mass is 596 g/mol. The first-order valence-electron chi connectivity index (χ1n) is 15.4. The molecule has 12 nitrogen and oxygen atoms in total. The van der Waals surface area contributed by atoms with E-state index in [1.165, 1.54) is 0 Å². The van der Waals surface area contributed by atoms with Gasteiger partial charge in [0.1, 0.15) is 12.1 Å². The number of carbonyl (C=O) groups is 4. The molecule has 4 aliphatic heterocycles. The molecule has 0 radical (unpaired) electrons. The van der Waals surface area contributed by atoms with Crippen molar-refractivity contribution in [3.05, 3.63) is 0 Å². The molecule has 2 bridgehead atoms. The van der Waals surface area contributed by atoms with Crippen molar-refractivity contribution < 1.29 is 48.3 Å². The molecule has 1 saturated carbocycles. The van der Waals surface area contributed by atoms with Gasteiger partial charge >= 0.3 is 11.9 Å². The van der Waals surface area contributed by atoms with Crippen LogP contribution >= 0.6 is 0 Å². The number of hydrogen-bond donors (Lipinski definition) is 3. The smallest absolute Gasteiger partial charge is 0.326 e. The van der Waals surface area contributed by atoms with E-state index in [0.717, 1.165) is 19.3 Å². The van der Waals surface area contributed by atoms with Crippen molar-refractivity contribution in [2.75, 3.05) is 0 Å². The van der Waals surface area contributed by atoms with Gasteiger partial charge in [-0.25, -0.2) is 14.6 Å². The summed E-state index contributed by atoms with van der Waals surface area (Å²) in [6.07, 6.45) is 1.73. The van der Waals surface area contributed by atoms with Gasteiger partial charge in [-0.1, -0.05) is 41.5 Å². The summed E-state index contributed by atoms with van der Waals surface area (Å²) >= 11 is 0. The van der Waals surface area contributed by atoms with E-state index in [0.29, 0.717) is 18.8 Å². The summed E-state index contributed by atoms with van der Waals surface area (Å²) in [5.41, 5.74) is -0.767. The van der Waals surface area contributed by atoms with Gasteiger partial charge in [0.15, 0.2) is 11.9 Å². The molecule has 238 valence electrons. The van der Waals surface area contributed by atoms with Crippen LogP contribution in [0.1, 0.15) is 93.4 Å². The van der Waals surface area contributed by atoms with E-state index in [1.807, 2.05) is 27.7 Å². The molecule has 0 aromatic rings. The molecule has 5 fully saturated rings. The predicted molar refractivity (Wildman–Crippen MR) is 148 cm³/mol. The maximum absolute atomic E-state index is 12.9. The van der Waals surface area contributed by atoms with Crippen LogP contribution in [0.25, 0.3) is 0 Å². The topological polar surface area (TPSA) is 159 Å². The summed E-state index contributed by atoms with van der Waals surface area (Å²) in [5.74, 6) is -3.63. The van der Waals surface area contributed by atoms with Crippen LogP contribution in [-0.4, -0.2) is 64.9 Å². The Balaban J connectivity index is 1.35. The summed E-state index contributed by atoms with van der Waals surface area (Å²) in [5, 5.41) is 14.6. The SMILES string of the molecule is CC(C)C[C@H](NC(=O)CCC(=O)O[C@@H]1O[C@H]2O[C@@]3(C)CC[C@H]4[C@H](C)CC[C@H]([C@H]1C)[C@@]24OO3)C(=O)N[C@@H](C(=O)O)C(C)C. The fourth-order valence-corrected chi connectivity index (χ4v) is 7.15. The summed E-state index contributed by atoms with van der Waals surface area (Å²) in [6, 6.07) is -2.01.